The molecule has 1 saturated carbocycles. The largest absolute Gasteiger partial charge is 0.490 e. The third kappa shape index (κ3) is 7.04. The van der Waals surface area contributed by atoms with E-state index in [1.807, 2.05) is 6.07 Å². The standard InChI is InChI=1S/C20H28N4OS.C2HF3O2/c1-15-20-22-16(13-19(25)21-9-8-18-7-4-12-26-18)14-23(20)10-11-24(15)17-5-2-3-6-17;3-2(4,5)1(6)7/h4,7,12,14-15,17H,2-3,5-6,8-11,13H2,1H3,(H,21,25);(H,6,7). The zero-order valence-electron chi connectivity index (χ0n) is 18.5. The van der Waals surface area contributed by atoms with E-state index in [0.717, 1.165) is 37.1 Å². The van der Waals surface area contributed by atoms with E-state index < -0.39 is 12.1 Å². The molecule has 3 heterocycles. The molecule has 1 aliphatic carbocycles. The van der Waals surface area contributed by atoms with Crippen molar-refractivity contribution in [3.63, 3.8) is 0 Å². The normalized spacial score (nSPS) is 19.0. The molecule has 0 aromatic carbocycles. The Morgan fingerprint density at radius 2 is 1.97 bits per heavy atom. The molecule has 11 heteroatoms. The zero-order valence-corrected chi connectivity index (χ0v) is 19.3. The summed E-state index contributed by atoms with van der Waals surface area (Å²) in [5.41, 5.74) is 0.897. The van der Waals surface area contributed by atoms with E-state index in [9.17, 15) is 18.0 Å². The Bertz CT molecular complexity index is 924. The lowest BCUT2D eigenvalue weighted by molar-refractivity contribution is -0.192. The number of nitrogens with one attached hydrogen (secondary N) is 1. The van der Waals surface area contributed by atoms with Crippen molar-refractivity contribution in [3.05, 3.63) is 40.1 Å². The molecule has 33 heavy (non-hydrogen) atoms. The summed E-state index contributed by atoms with van der Waals surface area (Å²) in [6, 6.07) is 5.23. The molecule has 0 spiro atoms. The number of carbonyl (C=O) groups is 2. The molecule has 2 aliphatic rings. The van der Waals surface area contributed by atoms with Crippen molar-refractivity contribution >= 4 is 23.2 Å². The highest BCUT2D eigenvalue weighted by Gasteiger charge is 2.38. The number of imidazole rings is 1. The first-order valence-corrected chi connectivity index (χ1v) is 11.9. The third-order valence-corrected chi connectivity index (χ3v) is 6.92. The van der Waals surface area contributed by atoms with E-state index in [2.05, 4.69) is 39.4 Å². The lowest BCUT2D eigenvalue weighted by atomic mass is 10.1. The maximum absolute atomic E-state index is 12.2. The molecule has 7 nitrogen and oxygen atoms in total. The summed E-state index contributed by atoms with van der Waals surface area (Å²) in [6.45, 7) is 5.05. The minimum absolute atomic E-state index is 0.0669. The van der Waals surface area contributed by atoms with E-state index in [1.54, 1.807) is 11.3 Å². The van der Waals surface area contributed by atoms with Crippen LogP contribution < -0.4 is 5.32 Å². The van der Waals surface area contributed by atoms with Crippen LogP contribution >= 0.6 is 11.3 Å². The number of amides is 1. The van der Waals surface area contributed by atoms with Crippen LogP contribution in [0.25, 0.3) is 0 Å². The van der Waals surface area contributed by atoms with Gasteiger partial charge in [0.25, 0.3) is 0 Å². The fourth-order valence-electron chi connectivity index (χ4n) is 4.39. The second-order valence-electron chi connectivity index (χ2n) is 8.29. The lowest BCUT2D eigenvalue weighted by Crippen LogP contribution is -2.42. The lowest BCUT2D eigenvalue weighted by Gasteiger charge is -2.38. The smallest absolute Gasteiger partial charge is 0.475 e. The Balaban J connectivity index is 0.000000383. The number of aliphatic carboxylic acids is 1. The highest BCUT2D eigenvalue weighted by atomic mass is 32.1. The second kappa shape index (κ2) is 11.1. The highest BCUT2D eigenvalue weighted by Crippen LogP contribution is 2.33. The minimum atomic E-state index is -5.08. The van der Waals surface area contributed by atoms with Crippen molar-refractivity contribution in [1.82, 2.24) is 19.8 Å². The topological polar surface area (TPSA) is 87.5 Å². The molecule has 0 radical (unpaired) electrons. The maximum Gasteiger partial charge on any atom is 0.490 e. The van der Waals surface area contributed by atoms with Gasteiger partial charge in [0.05, 0.1) is 18.2 Å². The maximum atomic E-state index is 12.2. The fraction of sp³-hybridized carbons (Fsp3) is 0.591. The number of hydrogen-bond acceptors (Lipinski definition) is 5. The van der Waals surface area contributed by atoms with Crippen molar-refractivity contribution in [2.75, 3.05) is 13.1 Å². The zero-order chi connectivity index (χ0) is 24.0. The number of thiophene rings is 1. The van der Waals surface area contributed by atoms with E-state index in [-0.39, 0.29) is 5.91 Å². The van der Waals surface area contributed by atoms with Gasteiger partial charge in [-0.1, -0.05) is 18.9 Å². The Morgan fingerprint density at radius 3 is 2.58 bits per heavy atom. The molecule has 1 aliphatic heterocycles. The predicted octanol–water partition coefficient (Wildman–Crippen LogP) is 3.80. The average molecular weight is 487 g/mol. The first-order chi connectivity index (χ1) is 15.6. The molecule has 1 atom stereocenters. The molecule has 0 bridgehead atoms. The van der Waals surface area contributed by atoms with Gasteiger partial charge in [0, 0.05) is 36.8 Å². The van der Waals surface area contributed by atoms with Gasteiger partial charge in [-0.3, -0.25) is 9.69 Å². The first-order valence-electron chi connectivity index (χ1n) is 11.1. The van der Waals surface area contributed by atoms with Gasteiger partial charge < -0.3 is 15.0 Å². The fourth-order valence-corrected chi connectivity index (χ4v) is 5.10. The van der Waals surface area contributed by atoms with Gasteiger partial charge >= 0.3 is 12.1 Å². The van der Waals surface area contributed by atoms with Gasteiger partial charge in [-0.25, -0.2) is 9.78 Å². The summed E-state index contributed by atoms with van der Waals surface area (Å²) in [5.74, 6) is -1.56. The SMILES string of the molecule is CC1c2nc(CC(=O)NCCc3cccs3)cn2CCN1C1CCCC1.O=C(O)C(F)(F)F. The number of alkyl halides is 3. The minimum Gasteiger partial charge on any atom is -0.475 e. The summed E-state index contributed by atoms with van der Waals surface area (Å²) in [5, 5.41) is 12.2. The predicted molar refractivity (Wildman–Crippen MR) is 118 cm³/mol. The van der Waals surface area contributed by atoms with E-state index in [4.69, 9.17) is 14.9 Å². The summed E-state index contributed by atoms with van der Waals surface area (Å²) >= 11 is 1.74. The van der Waals surface area contributed by atoms with Crippen LogP contribution in [0.1, 0.15) is 55.0 Å². The number of fused-ring (bicyclic) bond motifs is 1. The van der Waals surface area contributed by atoms with Crippen LogP contribution in [0, 0.1) is 0 Å². The van der Waals surface area contributed by atoms with Crippen molar-refractivity contribution in [2.45, 2.75) is 70.3 Å². The number of carboxylic acids is 1. The third-order valence-electron chi connectivity index (χ3n) is 5.98. The van der Waals surface area contributed by atoms with Gasteiger partial charge in [-0.15, -0.1) is 11.3 Å². The van der Waals surface area contributed by atoms with Crippen molar-refractivity contribution in [1.29, 1.82) is 0 Å². The van der Waals surface area contributed by atoms with E-state index in [1.165, 1.54) is 30.6 Å². The van der Waals surface area contributed by atoms with Crippen LogP contribution in [-0.4, -0.2) is 56.7 Å². The van der Waals surface area contributed by atoms with Gasteiger partial charge in [0.2, 0.25) is 5.91 Å². The van der Waals surface area contributed by atoms with E-state index in [0.29, 0.717) is 19.0 Å². The van der Waals surface area contributed by atoms with Crippen molar-refractivity contribution in [3.8, 4) is 0 Å². The van der Waals surface area contributed by atoms with Gasteiger partial charge in [-0.2, -0.15) is 13.2 Å². The Morgan fingerprint density at radius 1 is 1.27 bits per heavy atom. The Labute approximate surface area is 194 Å². The Hall–Kier alpha value is -2.40. The first kappa shape index (κ1) is 25.2. The molecule has 2 aromatic rings. The number of nitrogens with zero attached hydrogens (tertiary/aromatic N) is 3. The number of hydrogen-bond donors (Lipinski definition) is 2. The molecule has 182 valence electrons. The van der Waals surface area contributed by atoms with Crippen LogP contribution in [0.15, 0.2) is 23.7 Å². The number of carbonyl (C=O) groups excluding carboxylic acids is 1. The number of carboxylic acid groups (broad SMARTS) is 1. The van der Waals surface area contributed by atoms with Gasteiger partial charge in [-0.05, 0) is 37.6 Å². The molecule has 2 aromatic heterocycles. The number of aromatic nitrogens is 2. The monoisotopic (exact) mass is 486 g/mol. The highest BCUT2D eigenvalue weighted by molar-refractivity contribution is 7.09. The quantitative estimate of drug-likeness (QED) is 0.649. The van der Waals surface area contributed by atoms with Crippen LogP contribution in [0.5, 0.6) is 0 Å². The summed E-state index contributed by atoms with van der Waals surface area (Å²) in [4.78, 5) is 29.9. The molecule has 1 unspecified atom stereocenters. The summed E-state index contributed by atoms with van der Waals surface area (Å²) in [7, 11) is 0. The van der Waals surface area contributed by atoms with Crippen LogP contribution in [0.4, 0.5) is 13.2 Å². The van der Waals surface area contributed by atoms with Gasteiger partial charge in [0.1, 0.15) is 5.82 Å². The number of halogens is 3. The van der Waals surface area contributed by atoms with Crippen molar-refractivity contribution < 1.29 is 27.9 Å². The van der Waals surface area contributed by atoms with Crippen LogP contribution in [0.2, 0.25) is 0 Å². The summed E-state index contributed by atoms with van der Waals surface area (Å²) < 4.78 is 34.0. The van der Waals surface area contributed by atoms with Crippen LogP contribution in [-0.2, 0) is 29.0 Å². The van der Waals surface area contributed by atoms with Crippen molar-refractivity contribution in [2.24, 2.45) is 0 Å². The molecule has 2 N–H and O–H groups in total. The molecule has 0 saturated heterocycles. The molecule has 1 amide bonds. The second-order valence-corrected chi connectivity index (χ2v) is 9.33. The molecular weight excluding hydrogens is 457 g/mol. The molecular formula is C22H29F3N4O3S. The average Bonchev–Trinajstić information content (AvgIpc) is 3.50. The van der Waals surface area contributed by atoms with Gasteiger partial charge in [0.15, 0.2) is 0 Å². The van der Waals surface area contributed by atoms with Crippen LogP contribution in [0.3, 0.4) is 0 Å². The molecule has 1 fully saturated rings. The number of rotatable bonds is 6. The summed E-state index contributed by atoms with van der Waals surface area (Å²) in [6.07, 6.45) is 3.64. The molecule has 4 rings (SSSR count). The Kier molecular flexibility index (Phi) is 8.52. The van der Waals surface area contributed by atoms with E-state index >= 15 is 0 Å².